The number of fused-ring (bicyclic) bond motifs is 2. The Bertz CT molecular complexity index is 597. The summed E-state index contributed by atoms with van der Waals surface area (Å²) < 4.78 is 0. The van der Waals surface area contributed by atoms with Crippen molar-refractivity contribution in [1.82, 2.24) is 10.4 Å². The molecule has 2 amide bonds. The molecule has 0 saturated carbocycles. The Morgan fingerprint density at radius 1 is 1.29 bits per heavy atom. The van der Waals surface area contributed by atoms with E-state index in [1.54, 1.807) is 0 Å². The van der Waals surface area contributed by atoms with E-state index in [0.29, 0.717) is 11.1 Å². The molecule has 0 spiro atoms. The summed E-state index contributed by atoms with van der Waals surface area (Å²) in [4.78, 5) is 44.1. The topological polar surface area (TPSA) is 97.3 Å². The molecule has 1 unspecified atom stereocenters. The second-order valence-electron chi connectivity index (χ2n) is 6.23. The van der Waals surface area contributed by atoms with Crippen LogP contribution < -0.4 is 5.32 Å². The van der Waals surface area contributed by atoms with Crippen molar-refractivity contribution in [3.63, 3.8) is 0 Å². The fourth-order valence-corrected chi connectivity index (χ4v) is 3.29. The number of allylic oxidation sites excluding steroid dienone is 1. The van der Waals surface area contributed by atoms with E-state index in [4.69, 9.17) is 9.68 Å². The van der Waals surface area contributed by atoms with E-state index in [1.165, 1.54) is 6.42 Å². The van der Waals surface area contributed by atoms with Crippen LogP contribution in [0.15, 0.2) is 16.8 Å². The quantitative estimate of drug-likeness (QED) is 0.454. The lowest BCUT2D eigenvalue weighted by Crippen LogP contribution is -2.33. The third-order valence-corrected chi connectivity index (χ3v) is 4.50. The van der Waals surface area contributed by atoms with Crippen LogP contribution in [0.25, 0.3) is 0 Å². The van der Waals surface area contributed by atoms with Gasteiger partial charge >= 0.3 is 5.97 Å². The van der Waals surface area contributed by atoms with Gasteiger partial charge in [-0.25, -0.2) is 4.79 Å². The van der Waals surface area contributed by atoms with Crippen LogP contribution in [0.2, 0.25) is 0 Å². The molecule has 8 nitrogen and oxygen atoms in total. The third kappa shape index (κ3) is 3.64. The number of amides is 2. The summed E-state index contributed by atoms with van der Waals surface area (Å²) in [5, 5.41) is 8.04. The zero-order valence-corrected chi connectivity index (χ0v) is 13.6. The molecule has 24 heavy (non-hydrogen) atoms. The van der Waals surface area contributed by atoms with Crippen molar-refractivity contribution in [2.75, 3.05) is 6.61 Å². The van der Waals surface area contributed by atoms with Crippen molar-refractivity contribution in [3.8, 4) is 0 Å². The molecule has 0 aromatic heterocycles. The Balaban J connectivity index is 1.50. The van der Waals surface area contributed by atoms with Crippen LogP contribution in [0.1, 0.15) is 45.4 Å². The zero-order valence-electron chi connectivity index (χ0n) is 13.6. The average molecular weight is 335 g/mol. The monoisotopic (exact) mass is 335 g/mol. The lowest BCUT2D eigenvalue weighted by molar-refractivity contribution is -0.200. The second kappa shape index (κ2) is 7.12. The highest BCUT2D eigenvalue weighted by atomic mass is 16.7. The van der Waals surface area contributed by atoms with Gasteiger partial charge in [0.25, 0.3) is 11.8 Å². The summed E-state index contributed by atoms with van der Waals surface area (Å²) in [6.07, 6.45) is 6.65. The number of imide groups is 1. The summed E-state index contributed by atoms with van der Waals surface area (Å²) in [6.45, 7) is 1.38. The number of carbonyl (C=O) groups excluding carboxylic acids is 3. The van der Waals surface area contributed by atoms with Crippen LogP contribution in [-0.4, -0.2) is 47.2 Å². The molecule has 0 aromatic rings. The van der Waals surface area contributed by atoms with Crippen LogP contribution in [0.5, 0.6) is 0 Å². The maximum Gasteiger partial charge on any atom is 0.373 e. The van der Waals surface area contributed by atoms with Crippen LogP contribution in [0.4, 0.5) is 0 Å². The molecule has 3 rings (SSSR count). The van der Waals surface area contributed by atoms with Gasteiger partial charge in [0.15, 0.2) is 0 Å². The Morgan fingerprint density at radius 2 is 2.04 bits per heavy atom. The average Bonchev–Trinajstić information content (AvgIpc) is 3.04. The predicted octanol–water partition coefficient (Wildman–Crippen LogP) is 0.827. The minimum Gasteiger partial charge on any atom is -0.383 e. The van der Waals surface area contributed by atoms with Crippen molar-refractivity contribution >= 4 is 23.5 Å². The highest BCUT2D eigenvalue weighted by Gasteiger charge is 2.33. The van der Waals surface area contributed by atoms with Crippen molar-refractivity contribution in [2.45, 2.75) is 57.5 Å². The fourth-order valence-electron chi connectivity index (χ4n) is 3.29. The molecule has 0 aliphatic carbocycles. The smallest absolute Gasteiger partial charge is 0.373 e. The molecule has 2 bridgehead atoms. The third-order valence-electron chi connectivity index (χ3n) is 4.50. The van der Waals surface area contributed by atoms with E-state index in [0.717, 1.165) is 30.5 Å². The van der Waals surface area contributed by atoms with Gasteiger partial charge in [-0.05, 0) is 38.2 Å². The normalized spacial score (nSPS) is 27.1. The molecule has 0 aromatic carbocycles. The van der Waals surface area contributed by atoms with Crippen molar-refractivity contribution in [3.05, 3.63) is 11.6 Å². The Morgan fingerprint density at radius 3 is 2.79 bits per heavy atom. The molecule has 3 heterocycles. The number of rotatable bonds is 5. The SMILES string of the molecule is C/C(=N\OCC(=O)ON1C(=O)CCC1=O)C1=CCC[C@H]2CCC1N2. The van der Waals surface area contributed by atoms with Crippen LogP contribution in [0.3, 0.4) is 0 Å². The van der Waals surface area contributed by atoms with Gasteiger partial charge < -0.3 is 15.0 Å². The van der Waals surface area contributed by atoms with Crippen LogP contribution in [0, 0.1) is 0 Å². The molecule has 0 radical (unpaired) electrons. The van der Waals surface area contributed by atoms with Gasteiger partial charge in [-0.3, -0.25) is 9.59 Å². The number of hydrogen-bond donors (Lipinski definition) is 1. The largest absolute Gasteiger partial charge is 0.383 e. The number of carbonyl (C=O) groups is 3. The maximum absolute atomic E-state index is 11.6. The lowest BCUT2D eigenvalue weighted by Gasteiger charge is -2.15. The van der Waals surface area contributed by atoms with Gasteiger partial charge in [-0.1, -0.05) is 11.2 Å². The van der Waals surface area contributed by atoms with E-state index in [9.17, 15) is 14.4 Å². The summed E-state index contributed by atoms with van der Waals surface area (Å²) in [7, 11) is 0. The Hall–Kier alpha value is -2.22. The first-order valence-corrected chi connectivity index (χ1v) is 8.24. The summed E-state index contributed by atoms with van der Waals surface area (Å²) >= 11 is 0. The number of nitrogens with one attached hydrogen (secondary N) is 1. The Kier molecular flexibility index (Phi) is 4.94. The van der Waals surface area contributed by atoms with Crippen LogP contribution >= 0.6 is 0 Å². The van der Waals surface area contributed by atoms with E-state index in [2.05, 4.69) is 16.5 Å². The summed E-state index contributed by atoms with van der Waals surface area (Å²) in [6, 6.07) is 0.861. The van der Waals surface area contributed by atoms with Crippen molar-refractivity contribution in [1.29, 1.82) is 0 Å². The first kappa shape index (κ1) is 16.6. The molecular weight excluding hydrogens is 314 g/mol. The molecular formula is C16H21N3O5. The molecule has 8 heteroatoms. The highest BCUT2D eigenvalue weighted by Crippen LogP contribution is 2.26. The standard InChI is InChI=1S/C16H21N3O5/c1-10(12-4-2-3-11-5-6-13(12)17-11)18-23-9-16(22)24-19-14(20)7-8-15(19)21/h4,11,13,17H,2-3,5-9H2,1H3/b18-10+/t11-,13?/m0/s1. The number of oxime groups is 1. The maximum atomic E-state index is 11.6. The van der Waals surface area contributed by atoms with E-state index < -0.39 is 24.4 Å². The molecule has 3 aliphatic rings. The van der Waals surface area contributed by atoms with Crippen molar-refractivity contribution < 1.29 is 24.1 Å². The molecule has 130 valence electrons. The number of nitrogens with zero attached hydrogens (tertiary/aromatic N) is 2. The molecule has 2 saturated heterocycles. The first-order chi connectivity index (χ1) is 11.5. The number of hydroxylamine groups is 2. The molecule has 1 N–H and O–H groups in total. The molecule has 2 atom stereocenters. The number of hydrogen-bond acceptors (Lipinski definition) is 7. The van der Waals surface area contributed by atoms with Gasteiger partial charge in [0.05, 0.1) is 5.71 Å². The van der Waals surface area contributed by atoms with Gasteiger partial charge in [-0.2, -0.15) is 0 Å². The second-order valence-corrected chi connectivity index (χ2v) is 6.23. The fraction of sp³-hybridized carbons (Fsp3) is 0.625. The molecule has 2 fully saturated rings. The van der Waals surface area contributed by atoms with E-state index in [-0.39, 0.29) is 18.9 Å². The van der Waals surface area contributed by atoms with E-state index >= 15 is 0 Å². The van der Waals surface area contributed by atoms with Gasteiger partial charge in [0.1, 0.15) is 0 Å². The first-order valence-electron chi connectivity index (χ1n) is 8.24. The van der Waals surface area contributed by atoms with Crippen LogP contribution in [-0.2, 0) is 24.1 Å². The summed E-state index contributed by atoms with van der Waals surface area (Å²) in [5.41, 5.74) is 1.82. The zero-order chi connectivity index (χ0) is 17.1. The van der Waals surface area contributed by atoms with Gasteiger partial charge in [0.2, 0.25) is 6.61 Å². The summed E-state index contributed by atoms with van der Waals surface area (Å²) in [5.74, 6) is -1.86. The lowest BCUT2D eigenvalue weighted by atomic mass is 9.97. The molecule has 3 aliphatic heterocycles. The van der Waals surface area contributed by atoms with Crippen molar-refractivity contribution in [2.24, 2.45) is 5.16 Å². The highest BCUT2D eigenvalue weighted by molar-refractivity contribution is 6.01. The Labute approximate surface area is 139 Å². The van der Waals surface area contributed by atoms with Gasteiger partial charge in [0, 0.05) is 24.9 Å². The predicted molar refractivity (Wildman–Crippen MR) is 83.5 cm³/mol. The minimum atomic E-state index is -0.830. The van der Waals surface area contributed by atoms with Gasteiger partial charge in [-0.15, -0.1) is 5.06 Å². The van der Waals surface area contributed by atoms with E-state index in [1.807, 2.05) is 6.92 Å². The minimum absolute atomic E-state index is 0.0633.